The van der Waals surface area contributed by atoms with Crippen LogP contribution in [0.15, 0.2) is 72.9 Å². The first-order valence-corrected chi connectivity index (χ1v) is 8.67. The van der Waals surface area contributed by atoms with Gasteiger partial charge in [0.05, 0.1) is 0 Å². The summed E-state index contributed by atoms with van der Waals surface area (Å²) in [7, 11) is 1.68. The van der Waals surface area contributed by atoms with Crippen LogP contribution in [0.4, 0.5) is 5.69 Å². The molecule has 1 aromatic heterocycles. The Bertz CT molecular complexity index is 937. The fourth-order valence-electron chi connectivity index (χ4n) is 2.62. The molecule has 1 N–H and O–H groups in total. The fraction of sp³-hybridized carbons (Fsp3) is 0.136. The number of carbonyl (C=O) groups excluding carboxylic acids is 2. The topological polar surface area (TPSA) is 62.3 Å². The lowest BCUT2D eigenvalue weighted by molar-refractivity contribution is 0.0951. The first-order chi connectivity index (χ1) is 13.0. The van der Waals surface area contributed by atoms with Crippen LogP contribution in [-0.2, 0) is 6.54 Å². The van der Waals surface area contributed by atoms with E-state index in [0.717, 1.165) is 11.3 Å². The highest BCUT2D eigenvalue weighted by Crippen LogP contribution is 2.14. The predicted octanol–water partition coefficient (Wildman–Crippen LogP) is 3.60. The van der Waals surface area contributed by atoms with Crippen molar-refractivity contribution in [1.29, 1.82) is 0 Å². The minimum absolute atomic E-state index is 0.226. The maximum atomic E-state index is 12.7. The van der Waals surface area contributed by atoms with E-state index in [1.54, 1.807) is 13.1 Å². The molecule has 0 aliphatic rings. The number of aryl methyl sites for hydroxylation is 1. The molecule has 0 spiro atoms. The lowest BCUT2D eigenvalue weighted by Gasteiger charge is -2.17. The third-order valence-corrected chi connectivity index (χ3v) is 4.26. The van der Waals surface area contributed by atoms with Crippen molar-refractivity contribution < 1.29 is 9.59 Å². The van der Waals surface area contributed by atoms with Gasteiger partial charge in [-0.3, -0.25) is 14.6 Å². The number of nitrogens with one attached hydrogen (secondary N) is 1. The fourth-order valence-corrected chi connectivity index (χ4v) is 2.62. The average Bonchev–Trinajstić information content (AvgIpc) is 2.72. The molecule has 5 heteroatoms. The van der Waals surface area contributed by atoms with Crippen LogP contribution >= 0.6 is 0 Å². The molecule has 0 atom stereocenters. The summed E-state index contributed by atoms with van der Waals surface area (Å²) in [6.07, 6.45) is 1.48. The zero-order valence-corrected chi connectivity index (χ0v) is 15.3. The van der Waals surface area contributed by atoms with Gasteiger partial charge in [-0.05, 0) is 36.8 Å². The first-order valence-electron chi connectivity index (χ1n) is 8.67. The minimum Gasteiger partial charge on any atom is -0.348 e. The summed E-state index contributed by atoms with van der Waals surface area (Å²) in [5, 5.41) is 2.87. The number of anilines is 1. The monoisotopic (exact) mass is 359 g/mol. The lowest BCUT2D eigenvalue weighted by Crippen LogP contribution is -2.28. The molecule has 0 fully saturated rings. The molecule has 2 aromatic carbocycles. The van der Waals surface area contributed by atoms with Gasteiger partial charge in [-0.25, -0.2) is 0 Å². The number of amides is 2. The molecular weight excluding hydrogens is 338 g/mol. The van der Waals surface area contributed by atoms with Gasteiger partial charge in [0, 0.05) is 31.0 Å². The summed E-state index contributed by atoms with van der Waals surface area (Å²) >= 11 is 0. The second-order valence-electron chi connectivity index (χ2n) is 6.30. The van der Waals surface area contributed by atoms with Gasteiger partial charge < -0.3 is 10.2 Å². The maximum Gasteiger partial charge on any atom is 0.276 e. The average molecular weight is 359 g/mol. The van der Waals surface area contributed by atoms with Crippen LogP contribution in [0.25, 0.3) is 0 Å². The number of hydrogen-bond acceptors (Lipinski definition) is 3. The van der Waals surface area contributed by atoms with E-state index in [1.807, 2.05) is 61.5 Å². The minimum atomic E-state index is -0.269. The van der Waals surface area contributed by atoms with Crippen LogP contribution in [0, 0.1) is 6.92 Å². The van der Waals surface area contributed by atoms with Crippen LogP contribution in [0.2, 0.25) is 0 Å². The normalized spacial score (nSPS) is 10.3. The maximum absolute atomic E-state index is 12.7. The van der Waals surface area contributed by atoms with Crippen molar-refractivity contribution >= 4 is 17.5 Å². The smallest absolute Gasteiger partial charge is 0.276 e. The number of rotatable bonds is 5. The van der Waals surface area contributed by atoms with Crippen molar-refractivity contribution in [3.63, 3.8) is 0 Å². The molecule has 5 nitrogen and oxygen atoms in total. The van der Waals surface area contributed by atoms with E-state index in [0.29, 0.717) is 12.1 Å². The number of para-hydroxylation sites is 1. The Morgan fingerprint density at radius 1 is 1.00 bits per heavy atom. The highest BCUT2D eigenvalue weighted by Gasteiger charge is 2.16. The van der Waals surface area contributed by atoms with Crippen molar-refractivity contribution in [2.75, 3.05) is 11.9 Å². The molecule has 0 radical (unpaired) electrons. The van der Waals surface area contributed by atoms with Crippen LogP contribution in [0.5, 0.6) is 0 Å². The largest absolute Gasteiger partial charge is 0.348 e. The Morgan fingerprint density at radius 3 is 2.41 bits per heavy atom. The molecule has 2 amide bonds. The number of aromatic nitrogens is 1. The van der Waals surface area contributed by atoms with Crippen LogP contribution < -0.4 is 10.2 Å². The molecule has 27 heavy (non-hydrogen) atoms. The van der Waals surface area contributed by atoms with Gasteiger partial charge in [-0.2, -0.15) is 0 Å². The summed E-state index contributed by atoms with van der Waals surface area (Å²) in [5.74, 6) is -0.510. The Balaban J connectivity index is 1.70. The highest BCUT2D eigenvalue weighted by molar-refractivity contribution is 6.06. The molecular formula is C22H21N3O2. The zero-order chi connectivity index (χ0) is 19.2. The second-order valence-corrected chi connectivity index (χ2v) is 6.30. The van der Waals surface area contributed by atoms with Gasteiger partial charge in [0.1, 0.15) is 5.69 Å². The lowest BCUT2D eigenvalue weighted by atomic mass is 10.1. The Labute approximate surface area is 158 Å². The van der Waals surface area contributed by atoms with Gasteiger partial charge >= 0.3 is 0 Å². The van der Waals surface area contributed by atoms with E-state index in [4.69, 9.17) is 0 Å². The Kier molecular flexibility index (Phi) is 5.61. The van der Waals surface area contributed by atoms with E-state index < -0.39 is 0 Å². The molecule has 0 aliphatic heterocycles. The first kappa shape index (κ1) is 18.3. The molecule has 0 bridgehead atoms. The van der Waals surface area contributed by atoms with Crippen molar-refractivity contribution in [2.45, 2.75) is 13.5 Å². The summed E-state index contributed by atoms with van der Waals surface area (Å²) in [4.78, 5) is 30.7. The van der Waals surface area contributed by atoms with E-state index in [2.05, 4.69) is 10.3 Å². The summed E-state index contributed by atoms with van der Waals surface area (Å²) in [6.45, 7) is 2.44. The predicted molar refractivity (Wildman–Crippen MR) is 106 cm³/mol. The molecule has 0 saturated heterocycles. The van der Waals surface area contributed by atoms with E-state index >= 15 is 0 Å². The molecule has 3 aromatic rings. The quantitative estimate of drug-likeness (QED) is 0.757. The van der Waals surface area contributed by atoms with E-state index in [9.17, 15) is 9.59 Å². The Morgan fingerprint density at radius 2 is 1.70 bits per heavy atom. The number of nitrogens with zero attached hydrogens (tertiary/aromatic N) is 2. The highest BCUT2D eigenvalue weighted by atomic mass is 16.2. The molecule has 136 valence electrons. The van der Waals surface area contributed by atoms with Crippen molar-refractivity contribution in [3.05, 3.63) is 95.3 Å². The van der Waals surface area contributed by atoms with Gasteiger partial charge in [0.25, 0.3) is 11.8 Å². The summed E-state index contributed by atoms with van der Waals surface area (Å²) in [5.41, 5.74) is 3.58. The van der Waals surface area contributed by atoms with Crippen LogP contribution in [0.3, 0.4) is 0 Å². The van der Waals surface area contributed by atoms with Gasteiger partial charge in [0.2, 0.25) is 0 Å². The molecule has 1 heterocycles. The van der Waals surface area contributed by atoms with Gasteiger partial charge in [0.15, 0.2) is 0 Å². The standard InChI is InChI=1S/C22H21N3O2/c1-16-8-10-17(11-9-16)15-24-21(26)18-12-13-23-20(14-18)22(27)25(2)19-6-4-3-5-7-19/h3-14H,15H2,1-2H3,(H,24,26). The second kappa shape index (κ2) is 8.27. The summed E-state index contributed by atoms with van der Waals surface area (Å²) < 4.78 is 0. The number of benzene rings is 2. The van der Waals surface area contributed by atoms with Crippen molar-refractivity contribution in [3.8, 4) is 0 Å². The molecule has 0 aliphatic carbocycles. The van der Waals surface area contributed by atoms with Crippen molar-refractivity contribution in [1.82, 2.24) is 10.3 Å². The number of pyridine rings is 1. The van der Waals surface area contributed by atoms with Crippen molar-refractivity contribution in [2.24, 2.45) is 0 Å². The number of carbonyl (C=O) groups is 2. The third kappa shape index (κ3) is 4.58. The Hall–Kier alpha value is -3.47. The summed E-state index contributed by atoms with van der Waals surface area (Å²) in [6, 6.07) is 20.4. The third-order valence-electron chi connectivity index (χ3n) is 4.26. The van der Waals surface area contributed by atoms with Gasteiger partial charge in [-0.1, -0.05) is 48.0 Å². The molecule has 0 saturated carbocycles. The van der Waals surface area contributed by atoms with E-state index in [1.165, 1.54) is 22.7 Å². The molecule has 3 rings (SSSR count). The van der Waals surface area contributed by atoms with Gasteiger partial charge in [-0.15, -0.1) is 0 Å². The van der Waals surface area contributed by atoms with Crippen LogP contribution in [0.1, 0.15) is 32.0 Å². The molecule has 0 unspecified atom stereocenters. The van der Waals surface area contributed by atoms with Crippen LogP contribution in [-0.4, -0.2) is 23.8 Å². The van der Waals surface area contributed by atoms with E-state index in [-0.39, 0.29) is 17.5 Å². The number of hydrogen-bond donors (Lipinski definition) is 1. The zero-order valence-electron chi connectivity index (χ0n) is 15.3. The SMILES string of the molecule is Cc1ccc(CNC(=O)c2ccnc(C(=O)N(C)c3ccccc3)c2)cc1.